The van der Waals surface area contributed by atoms with Crippen molar-refractivity contribution in [2.75, 3.05) is 26.3 Å². The summed E-state index contributed by atoms with van der Waals surface area (Å²) >= 11 is 0. The number of carbonyl (C=O) groups is 1. The van der Waals surface area contributed by atoms with Gasteiger partial charge in [-0.2, -0.15) is 0 Å². The molecule has 1 aromatic rings. The van der Waals surface area contributed by atoms with Gasteiger partial charge in [0.15, 0.2) is 0 Å². The molecule has 2 rings (SSSR count). The van der Waals surface area contributed by atoms with Crippen LogP contribution in [0.5, 0.6) is 0 Å². The molecule has 2 atom stereocenters. The highest BCUT2D eigenvalue weighted by Gasteiger charge is 2.28. The van der Waals surface area contributed by atoms with E-state index >= 15 is 0 Å². The van der Waals surface area contributed by atoms with Crippen LogP contribution in [0.25, 0.3) is 0 Å². The van der Waals surface area contributed by atoms with Gasteiger partial charge in [0, 0.05) is 13.1 Å². The van der Waals surface area contributed by atoms with Crippen LogP contribution in [-0.2, 0) is 9.53 Å². The summed E-state index contributed by atoms with van der Waals surface area (Å²) in [5.74, 6) is -0.235. The van der Waals surface area contributed by atoms with Crippen LogP contribution in [0.4, 0.5) is 4.39 Å². The quantitative estimate of drug-likeness (QED) is 0.913. The molecule has 5 heteroatoms. The number of nitrogens with one attached hydrogen (secondary N) is 1. The number of halogens is 1. The number of carbonyl (C=O) groups excluding carboxylic acids is 1. The molecule has 1 aliphatic heterocycles. The minimum Gasteiger partial charge on any atom is -0.378 e. The number of hydrogen-bond acceptors (Lipinski definition) is 3. The summed E-state index contributed by atoms with van der Waals surface area (Å²) in [5.41, 5.74) is 0.929. The van der Waals surface area contributed by atoms with Crippen molar-refractivity contribution in [3.8, 4) is 0 Å². The van der Waals surface area contributed by atoms with Crippen molar-refractivity contribution in [2.24, 2.45) is 0 Å². The predicted octanol–water partition coefficient (Wildman–Crippen LogP) is 1.72. The maximum absolute atomic E-state index is 13.0. The lowest BCUT2D eigenvalue weighted by Gasteiger charge is -2.33. The van der Waals surface area contributed by atoms with E-state index in [-0.39, 0.29) is 23.8 Å². The smallest absolute Gasteiger partial charge is 0.242 e. The van der Waals surface area contributed by atoms with E-state index in [1.54, 1.807) is 17.0 Å². The summed E-state index contributed by atoms with van der Waals surface area (Å²) in [6.07, 6.45) is 0. The number of nitrogens with zero attached hydrogens (tertiary/aromatic N) is 1. The van der Waals surface area contributed by atoms with E-state index in [9.17, 15) is 9.18 Å². The van der Waals surface area contributed by atoms with E-state index in [0.717, 1.165) is 5.56 Å². The average Bonchev–Trinajstić information content (AvgIpc) is 2.49. The molecule has 1 saturated heterocycles. The Morgan fingerprint density at radius 1 is 1.50 bits per heavy atom. The Morgan fingerprint density at radius 2 is 2.20 bits per heavy atom. The Hall–Kier alpha value is -1.46. The summed E-state index contributed by atoms with van der Waals surface area (Å²) in [7, 11) is 0. The normalized spacial score (nSPS) is 20.4. The Bertz CT molecular complexity index is 444. The Kier molecular flexibility index (Phi) is 5.09. The van der Waals surface area contributed by atoms with Gasteiger partial charge in [-0.05, 0) is 31.5 Å². The fraction of sp³-hybridized carbons (Fsp3) is 0.533. The molecule has 0 radical (unpaired) electrons. The van der Waals surface area contributed by atoms with E-state index in [1.807, 2.05) is 13.8 Å². The van der Waals surface area contributed by atoms with Crippen molar-refractivity contribution in [2.45, 2.75) is 25.9 Å². The van der Waals surface area contributed by atoms with Gasteiger partial charge in [-0.1, -0.05) is 12.1 Å². The molecule has 1 aromatic carbocycles. The van der Waals surface area contributed by atoms with Gasteiger partial charge in [0.1, 0.15) is 11.9 Å². The third-order valence-electron chi connectivity index (χ3n) is 3.66. The third kappa shape index (κ3) is 3.35. The van der Waals surface area contributed by atoms with Gasteiger partial charge in [-0.3, -0.25) is 4.79 Å². The molecule has 1 fully saturated rings. The van der Waals surface area contributed by atoms with Crippen molar-refractivity contribution in [3.05, 3.63) is 35.6 Å². The Labute approximate surface area is 118 Å². The number of ether oxygens (including phenoxy) is 1. The largest absolute Gasteiger partial charge is 0.378 e. The van der Waals surface area contributed by atoms with Crippen LogP contribution in [0, 0.1) is 5.82 Å². The molecular weight excluding hydrogens is 259 g/mol. The van der Waals surface area contributed by atoms with E-state index in [4.69, 9.17) is 4.74 Å². The first-order valence-electron chi connectivity index (χ1n) is 7.00. The number of hydrogen-bond donors (Lipinski definition) is 1. The Morgan fingerprint density at radius 3 is 2.75 bits per heavy atom. The molecule has 1 amide bonds. The minimum atomic E-state index is -0.286. The van der Waals surface area contributed by atoms with Crippen LogP contribution >= 0.6 is 0 Å². The summed E-state index contributed by atoms with van der Waals surface area (Å²) in [6, 6.07) is 5.92. The van der Waals surface area contributed by atoms with Crippen molar-refractivity contribution in [1.82, 2.24) is 10.2 Å². The molecule has 2 unspecified atom stereocenters. The van der Waals surface area contributed by atoms with Crippen LogP contribution in [0.3, 0.4) is 0 Å². The summed E-state index contributed by atoms with van der Waals surface area (Å²) in [5, 5.41) is 3.17. The number of rotatable bonds is 4. The first-order chi connectivity index (χ1) is 9.63. The van der Waals surface area contributed by atoms with Crippen LogP contribution in [0.15, 0.2) is 24.3 Å². The number of benzene rings is 1. The zero-order valence-electron chi connectivity index (χ0n) is 11.9. The van der Waals surface area contributed by atoms with Gasteiger partial charge in [-0.25, -0.2) is 4.39 Å². The highest BCUT2D eigenvalue weighted by Crippen LogP contribution is 2.21. The number of amides is 1. The first-order valence-corrected chi connectivity index (χ1v) is 7.00. The number of morpholine rings is 1. The van der Waals surface area contributed by atoms with Crippen molar-refractivity contribution in [1.29, 1.82) is 0 Å². The number of likely N-dealkylation sites (N-methyl/N-ethyl adjacent to an activating group) is 1. The fourth-order valence-corrected chi connectivity index (χ4v) is 2.47. The second-order valence-electron chi connectivity index (χ2n) is 4.93. The molecule has 110 valence electrons. The molecule has 0 aromatic heterocycles. The van der Waals surface area contributed by atoms with Gasteiger partial charge in [0.25, 0.3) is 0 Å². The monoisotopic (exact) mass is 280 g/mol. The minimum absolute atomic E-state index is 0.0315. The highest BCUT2D eigenvalue weighted by atomic mass is 19.1. The summed E-state index contributed by atoms with van der Waals surface area (Å²) in [4.78, 5) is 14.3. The summed E-state index contributed by atoms with van der Waals surface area (Å²) in [6.45, 7) is 6.25. The first kappa shape index (κ1) is 14.9. The van der Waals surface area contributed by atoms with E-state index in [0.29, 0.717) is 26.3 Å². The van der Waals surface area contributed by atoms with E-state index in [2.05, 4.69) is 5.32 Å². The van der Waals surface area contributed by atoms with Crippen LogP contribution in [-0.4, -0.2) is 43.2 Å². The molecule has 0 aliphatic carbocycles. The lowest BCUT2D eigenvalue weighted by atomic mass is 10.1. The second kappa shape index (κ2) is 6.81. The van der Waals surface area contributed by atoms with Gasteiger partial charge >= 0.3 is 0 Å². The topological polar surface area (TPSA) is 41.6 Å². The lowest BCUT2D eigenvalue weighted by molar-refractivity contribution is -0.138. The van der Waals surface area contributed by atoms with Crippen LogP contribution < -0.4 is 5.32 Å². The predicted molar refractivity (Wildman–Crippen MR) is 74.8 cm³/mol. The molecule has 4 nitrogen and oxygen atoms in total. The molecule has 1 N–H and O–H groups in total. The van der Waals surface area contributed by atoms with E-state index < -0.39 is 0 Å². The van der Waals surface area contributed by atoms with E-state index in [1.165, 1.54) is 12.1 Å². The molecule has 20 heavy (non-hydrogen) atoms. The van der Waals surface area contributed by atoms with Crippen LogP contribution in [0.2, 0.25) is 0 Å². The van der Waals surface area contributed by atoms with Gasteiger partial charge in [0.2, 0.25) is 5.91 Å². The molecule has 1 aliphatic rings. The zero-order chi connectivity index (χ0) is 14.5. The molecule has 0 bridgehead atoms. The van der Waals surface area contributed by atoms with Crippen molar-refractivity contribution < 1.29 is 13.9 Å². The standard InChI is InChI=1S/C15H21FN2O2/c1-3-18(15(19)14-10-20-9-8-17-14)11(2)12-4-6-13(16)7-5-12/h4-7,11,14,17H,3,8-10H2,1-2H3. The fourth-order valence-electron chi connectivity index (χ4n) is 2.47. The molecular formula is C15H21FN2O2. The molecule has 0 saturated carbocycles. The van der Waals surface area contributed by atoms with Gasteiger partial charge in [0.05, 0.1) is 19.3 Å². The maximum Gasteiger partial charge on any atom is 0.242 e. The second-order valence-corrected chi connectivity index (χ2v) is 4.93. The maximum atomic E-state index is 13.0. The molecule has 1 heterocycles. The van der Waals surface area contributed by atoms with Gasteiger partial charge < -0.3 is 15.0 Å². The van der Waals surface area contributed by atoms with Crippen molar-refractivity contribution >= 4 is 5.91 Å². The lowest BCUT2D eigenvalue weighted by Crippen LogP contribution is -2.53. The molecule has 0 spiro atoms. The average molecular weight is 280 g/mol. The Balaban J connectivity index is 2.09. The van der Waals surface area contributed by atoms with Crippen molar-refractivity contribution in [3.63, 3.8) is 0 Å². The SMILES string of the molecule is CCN(C(=O)C1COCCN1)C(C)c1ccc(F)cc1. The van der Waals surface area contributed by atoms with Gasteiger partial charge in [-0.15, -0.1) is 0 Å². The zero-order valence-corrected chi connectivity index (χ0v) is 11.9. The third-order valence-corrected chi connectivity index (χ3v) is 3.66. The summed E-state index contributed by atoms with van der Waals surface area (Å²) < 4.78 is 18.3. The highest BCUT2D eigenvalue weighted by molar-refractivity contribution is 5.82. The van der Waals surface area contributed by atoms with Crippen LogP contribution in [0.1, 0.15) is 25.5 Å².